The van der Waals surface area contributed by atoms with Crippen LogP contribution in [0.2, 0.25) is 0 Å². The van der Waals surface area contributed by atoms with Crippen LogP contribution in [0.4, 0.5) is 0 Å². The lowest BCUT2D eigenvalue weighted by Crippen LogP contribution is -2.38. The van der Waals surface area contributed by atoms with Gasteiger partial charge in [0.2, 0.25) is 5.91 Å². The molecule has 1 atom stereocenters. The predicted molar refractivity (Wildman–Crippen MR) is 64.3 cm³/mol. The first-order chi connectivity index (χ1) is 7.68. The molecule has 0 radical (unpaired) electrons. The Morgan fingerprint density at radius 3 is 3.00 bits per heavy atom. The highest BCUT2D eigenvalue weighted by atomic mass is 16.5. The maximum atomic E-state index is 11.4. The van der Waals surface area contributed by atoms with Gasteiger partial charge in [-0.15, -0.1) is 0 Å². The summed E-state index contributed by atoms with van der Waals surface area (Å²) in [6.45, 7) is 7.19. The van der Waals surface area contributed by atoms with E-state index in [9.17, 15) is 4.79 Å². The topological polar surface area (TPSA) is 50.4 Å². The average molecular weight is 228 g/mol. The molecule has 0 spiro atoms. The van der Waals surface area contributed by atoms with Crippen LogP contribution in [0.1, 0.15) is 33.1 Å². The van der Waals surface area contributed by atoms with E-state index in [1.165, 1.54) is 0 Å². The Labute approximate surface area is 98.1 Å². The lowest BCUT2D eigenvalue weighted by Gasteiger charge is -2.22. The number of hydrogen-bond acceptors (Lipinski definition) is 3. The van der Waals surface area contributed by atoms with E-state index in [4.69, 9.17) is 4.74 Å². The maximum Gasteiger partial charge on any atom is 0.246 e. The first-order valence-corrected chi connectivity index (χ1v) is 6.27. The molecule has 0 saturated carbocycles. The highest BCUT2D eigenvalue weighted by molar-refractivity contribution is 5.77. The van der Waals surface area contributed by atoms with Gasteiger partial charge in [0.25, 0.3) is 0 Å². The van der Waals surface area contributed by atoms with Gasteiger partial charge < -0.3 is 15.4 Å². The van der Waals surface area contributed by atoms with Crippen molar-refractivity contribution in [3.8, 4) is 0 Å². The van der Waals surface area contributed by atoms with Crippen LogP contribution in [0.5, 0.6) is 0 Å². The molecule has 4 heteroatoms. The van der Waals surface area contributed by atoms with Gasteiger partial charge in [-0.1, -0.05) is 13.8 Å². The summed E-state index contributed by atoms with van der Waals surface area (Å²) in [5.41, 5.74) is 0. The molecule has 0 aromatic carbocycles. The molecule has 1 fully saturated rings. The fourth-order valence-corrected chi connectivity index (χ4v) is 1.71. The van der Waals surface area contributed by atoms with E-state index in [0.29, 0.717) is 5.92 Å². The van der Waals surface area contributed by atoms with Crippen LogP contribution in [-0.2, 0) is 9.53 Å². The smallest absolute Gasteiger partial charge is 0.246 e. The standard InChI is InChI=1S/C12H24N2O2/c1-10(2)5-7-14-12(15)9-16-11-4-3-6-13-8-11/h10-11,13H,3-9H2,1-2H3,(H,14,15)/t11-/m0/s1. The van der Waals surface area contributed by atoms with Crippen LogP contribution in [0, 0.1) is 5.92 Å². The van der Waals surface area contributed by atoms with Crippen molar-refractivity contribution in [2.24, 2.45) is 5.92 Å². The lowest BCUT2D eigenvalue weighted by molar-refractivity contribution is -0.128. The highest BCUT2D eigenvalue weighted by Crippen LogP contribution is 2.05. The van der Waals surface area contributed by atoms with Crippen LogP contribution >= 0.6 is 0 Å². The van der Waals surface area contributed by atoms with Crippen molar-refractivity contribution in [2.75, 3.05) is 26.2 Å². The van der Waals surface area contributed by atoms with E-state index in [0.717, 1.165) is 38.9 Å². The second-order valence-corrected chi connectivity index (χ2v) is 4.81. The fourth-order valence-electron chi connectivity index (χ4n) is 1.71. The molecular weight excluding hydrogens is 204 g/mol. The summed E-state index contributed by atoms with van der Waals surface area (Å²) in [7, 11) is 0. The van der Waals surface area contributed by atoms with Crippen LogP contribution in [-0.4, -0.2) is 38.3 Å². The van der Waals surface area contributed by atoms with Crippen molar-refractivity contribution in [1.82, 2.24) is 10.6 Å². The molecule has 1 rings (SSSR count). The fraction of sp³-hybridized carbons (Fsp3) is 0.917. The quantitative estimate of drug-likeness (QED) is 0.710. The minimum absolute atomic E-state index is 0.00576. The second-order valence-electron chi connectivity index (χ2n) is 4.81. The summed E-state index contributed by atoms with van der Waals surface area (Å²) in [6, 6.07) is 0. The Balaban J connectivity index is 2.00. The van der Waals surface area contributed by atoms with Crippen LogP contribution in [0.3, 0.4) is 0 Å². The van der Waals surface area contributed by atoms with Gasteiger partial charge in [0.05, 0.1) is 6.10 Å². The first kappa shape index (κ1) is 13.5. The third-order valence-corrected chi connectivity index (χ3v) is 2.75. The molecule has 0 unspecified atom stereocenters. The number of ether oxygens (including phenoxy) is 1. The number of rotatable bonds is 6. The number of carbonyl (C=O) groups excluding carboxylic acids is 1. The minimum atomic E-state index is 0.00576. The zero-order valence-corrected chi connectivity index (χ0v) is 10.4. The van der Waals surface area contributed by atoms with Gasteiger partial charge in [-0.05, 0) is 31.7 Å². The molecule has 1 heterocycles. The lowest BCUT2D eigenvalue weighted by atomic mass is 10.1. The highest BCUT2D eigenvalue weighted by Gasteiger charge is 2.14. The summed E-state index contributed by atoms with van der Waals surface area (Å²) < 4.78 is 5.53. The molecule has 4 nitrogen and oxygen atoms in total. The second kappa shape index (κ2) is 7.63. The van der Waals surface area contributed by atoms with Crippen molar-refractivity contribution in [3.63, 3.8) is 0 Å². The minimum Gasteiger partial charge on any atom is -0.367 e. The third-order valence-electron chi connectivity index (χ3n) is 2.75. The van der Waals surface area contributed by atoms with E-state index < -0.39 is 0 Å². The van der Waals surface area contributed by atoms with Gasteiger partial charge in [0.15, 0.2) is 0 Å². The molecule has 2 N–H and O–H groups in total. The van der Waals surface area contributed by atoms with E-state index in [-0.39, 0.29) is 18.6 Å². The predicted octanol–water partition coefficient (Wildman–Crippen LogP) is 0.917. The molecule has 1 amide bonds. The Morgan fingerprint density at radius 2 is 2.38 bits per heavy atom. The maximum absolute atomic E-state index is 11.4. The molecule has 0 aliphatic carbocycles. The Bertz CT molecular complexity index is 201. The zero-order chi connectivity index (χ0) is 11.8. The normalized spacial score (nSPS) is 21.1. The van der Waals surface area contributed by atoms with Gasteiger partial charge in [0, 0.05) is 13.1 Å². The summed E-state index contributed by atoms with van der Waals surface area (Å²) in [6.07, 6.45) is 3.44. The van der Waals surface area contributed by atoms with E-state index in [1.807, 2.05) is 0 Å². The Kier molecular flexibility index (Phi) is 6.42. The molecule has 1 aliphatic rings. The number of nitrogens with one attached hydrogen (secondary N) is 2. The Morgan fingerprint density at radius 1 is 1.56 bits per heavy atom. The number of amides is 1. The van der Waals surface area contributed by atoms with E-state index in [1.54, 1.807) is 0 Å². The van der Waals surface area contributed by atoms with Crippen molar-refractivity contribution in [1.29, 1.82) is 0 Å². The first-order valence-electron chi connectivity index (χ1n) is 6.27. The molecular formula is C12H24N2O2. The summed E-state index contributed by atoms with van der Waals surface area (Å²) >= 11 is 0. The molecule has 1 aliphatic heterocycles. The molecule has 94 valence electrons. The molecule has 0 bridgehead atoms. The monoisotopic (exact) mass is 228 g/mol. The molecule has 0 aromatic rings. The number of hydrogen-bond donors (Lipinski definition) is 2. The number of carbonyl (C=O) groups is 1. The SMILES string of the molecule is CC(C)CCNC(=O)CO[C@H]1CCCNC1. The van der Waals surface area contributed by atoms with Crippen LogP contribution in [0.25, 0.3) is 0 Å². The largest absolute Gasteiger partial charge is 0.367 e. The zero-order valence-electron chi connectivity index (χ0n) is 10.4. The van der Waals surface area contributed by atoms with Gasteiger partial charge in [-0.25, -0.2) is 0 Å². The van der Waals surface area contributed by atoms with Crippen LogP contribution < -0.4 is 10.6 Å². The summed E-state index contributed by atoms with van der Waals surface area (Å²) in [4.78, 5) is 11.4. The van der Waals surface area contributed by atoms with Gasteiger partial charge in [-0.2, -0.15) is 0 Å². The third kappa shape index (κ3) is 6.08. The van der Waals surface area contributed by atoms with Crippen molar-refractivity contribution >= 4 is 5.91 Å². The van der Waals surface area contributed by atoms with E-state index >= 15 is 0 Å². The van der Waals surface area contributed by atoms with Crippen LogP contribution in [0.15, 0.2) is 0 Å². The molecule has 16 heavy (non-hydrogen) atoms. The van der Waals surface area contributed by atoms with Crippen molar-refractivity contribution in [2.45, 2.75) is 39.2 Å². The molecule has 0 aromatic heterocycles. The number of piperidine rings is 1. The summed E-state index contributed by atoms with van der Waals surface area (Å²) in [5.74, 6) is 0.634. The Hall–Kier alpha value is -0.610. The van der Waals surface area contributed by atoms with Crippen molar-refractivity contribution in [3.05, 3.63) is 0 Å². The van der Waals surface area contributed by atoms with Gasteiger partial charge in [0.1, 0.15) is 6.61 Å². The van der Waals surface area contributed by atoms with Gasteiger partial charge in [-0.3, -0.25) is 4.79 Å². The molecule has 1 saturated heterocycles. The van der Waals surface area contributed by atoms with E-state index in [2.05, 4.69) is 24.5 Å². The summed E-state index contributed by atoms with van der Waals surface area (Å²) in [5, 5.41) is 6.13. The average Bonchev–Trinajstić information content (AvgIpc) is 2.27. The van der Waals surface area contributed by atoms with Gasteiger partial charge >= 0.3 is 0 Å². The van der Waals surface area contributed by atoms with Crippen molar-refractivity contribution < 1.29 is 9.53 Å².